The number of hydrogen-bond donors (Lipinski definition) is 1. The van der Waals surface area contributed by atoms with E-state index in [1.54, 1.807) is 12.3 Å². The average molecular weight is 516 g/mol. The van der Waals surface area contributed by atoms with Crippen LogP contribution >= 0.6 is 0 Å². The summed E-state index contributed by atoms with van der Waals surface area (Å²) in [5.41, 5.74) is 4.28. The lowest BCUT2D eigenvalue weighted by atomic mass is 10.0. The molecule has 1 fully saturated rings. The molecule has 0 unspecified atom stereocenters. The lowest BCUT2D eigenvalue weighted by Crippen LogP contribution is -2.44. The highest BCUT2D eigenvalue weighted by atomic mass is 19.1. The second kappa shape index (κ2) is 10.4. The number of aromatic nitrogens is 5. The highest BCUT2D eigenvalue weighted by molar-refractivity contribution is 6.04. The third kappa shape index (κ3) is 4.94. The Balaban J connectivity index is 1.19. The molecule has 0 radical (unpaired) electrons. The third-order valence-corrected chi connectivity index (χ3v) is 7.33. The summed E-state index contributed by atoms with van der Waals surface area (Å²) in [6.45, 7) is 6.09. The SMILES string of the molecule is CN1CCN(c2ccc(C(=O)Nc3cc4cc(-c5cnn6c5CN(CCF)CC6)ccc4nn3)cn2)CC1. The second-order valence-electron chi connectivity index (χ2n) is 9.85. The molecule has 1 amide bonds. The van der Waals surface area contributed by atoms with Gasteiger partial charge in [0.15, 0.2) is 5.82 Å². The van der Waals surface area contributed by atoms with Crippen molar-refractivity contribution in [3.05, 3.63) is 60.0 Å². The van der Waals surface area contributed by atoms with Crippen LogP contribution in [0, 0.1) is 0 Å². The van der Waals surface area contributed by atoms with Crippen LogP contribution in [0.2, 0.25) is 0 Å². The van der Waals surface area contributed by atoms with Crippen LogP contribution in [-0.2, 0) is 13.1 Å². The first-order chi connectivity index (χ1) is 18.6. The van der Waals surface area contributed by atoms with Crippen LogP contribution in [-0.4, -0.2) is 93.7 Å². The van der Waals surface area contributed by atoms with E-state index in [1.807, 2.05) is 41.2 Å². The molecule has 2 aliphatic heterocycles. The molecule has 5 heterocycles. The molecule has 1 aromatic carbocycles. The molecule has 0 saturated carbocycles. The van der Waals surface area contributed by atoms with E-state index in [9.17, 15) is 9.18 Å². The Morgan fingerprint density at radius 3 is 2.66 bits per heavy atom. The molecule has 3 aromatic heterocycles. The lowest BCUT2D eigenvalue weighted by Gasteiger charge is -2.33. The third-order valence-electron chi connectivity index (χ3n) is 7.33. The second-order valence-corrected chi connectivity index (χ2v) is 9.85. The Morgan fingerprint density at radius 2 is 1.87 bits per heavy atom. The van der Waals surface area contributed by atoms with Crippen LogP contribution in [0.4, 0.5) is 16.0 Å². The summed E-state index contributed by atoms with van der Waals surface area (Å²) in [6.07, 6.45) is 3.47. The molecular weight excluding hydrogens is 485 g/mol. The maximum atomic E-state index is 12.9. The average Bonchev–Trinajstić information content (AvgIpc) is 3.37. The van der Waals surface area contributed by atoms with Crippen LogP contribution in [0.25, 0.3) is 22.0 Å². The number of halogens is 1. The summed E-state index contributed by atoms with van der Waals surface area (Å²) in [5, 5.41) is 16.7. The van der Waals surface area contributed by atoms with Crippen molar-refractivity contribution in [3.8, 4) is 11.1 Å². The van der Waals surface area contributed by atoms with Gasteiger partial charge in [0.05, 0.1) is 29.5 Å². The van der Waals surface area contributed by atoms with E-state index in [0.717, 1.165) is 72.8 Å². The number of anilines is 2. The summed E-state index contributed by atoms with van der Waals surface area (Å²) in [5.74, 6) is 0.961. The number of rotatable bonds is 6. The maximum absolute atomic E-state index is 12.9. The molecule has 10 nitrogen and oxygen atoms in total. The van der Waals surface area contributed by atoms with E-state index in [4.69, 9.17) is 0 Å². The van der Waals surface area contributed by atoms with Gasteiger partial charge in [0.25, 0.3) is 5.91 Å². The fraction of sp³-hybridized carbons (Fsp3) is 0.370. The van der Waals surface area contributed by atoms with Crippen LogP contribution in [0.1, 0.15) is 16.1 Å². The smallest absolute Gasteiger partial charge is 0.258 e. The minimum Gasteiger partial charge on any atom is -0.354 e. The number of benzene rings is 1. The highest BCUT2D eigenvalue weighted by Crippen LogP contribution is 2.29. The zero-order chi connectivity index (χ0) is 26.1. The van der Waals surface area contributed by atoms with Crippen LogP contribution < -0.4 is 10.2 Å². The Hall–Kier alpha value is -3.96. The van der Waals surface area contributed by atoms with Crippen molar-refractivity contribution in [2.45, 2.75) is 13.1 Å². The molecule has 11 heteroatoms. The minimum atomic E-state index is -0.358. The molecule has 2 aliphatic rings. The Morgan fingerprint density at radius 1 is 1.00 bits per heavy atom. The maximum Gasteiger partial charge on any atom is 0.258 e. The number of pyridine rings is 1. The molecule has 0 bridgehead atoms. The van der Waals surface area contributed by atoms with Crippen molar-refractivity contribution in [2.75, 3.05) is 63.2 Å². The van der Waals surface area contributed by atoms with Crippen molar-refractivity contribution >= 4 is 28.4 Å². The summed E-state index contributed by atoms with van der Waals surface area (Å²) < 4.78 is 14.9. The van der Waals surface area contributed by atoms with Gasteiger partial charge in [-0.25, -0.2) is 9.37 Å². The summed E-state index contributed by atoms with van der Waals surface area (Å²) in [7, 11) is 2.11. The molecule has 6 rings (SSSR count). The molecule has 4 aromatic rings. The number of nitrogens with one attached hydrogen (secondary N) is 1. The van der Waals surface area contributed by atoms with Gasteiger partial charge in [0.2, 0.25) is 0 Å². The number of hydrogen-bond acceptors (Lipinski definition) is 8. The summed E-state index contributed by atoms with van der Waals surface area (Å²) in [6, 6.07) is 11.4. The Labute approximate surface area is 220 Å². The minimum absolute atomic E-state index is 0.286. The highest BCUT2D eigenvalue weighted by Gasteiger charge is 2.21. The first kappa shape index (κ1) is 24.4. The van der Waals surface area contributed by atoms with E-state index in [0.29, 0.717) is 24.5 Å². The van der Waals surface area contributed by atoms with E-state index < -0.39 is 0 Å². The number of nitrogens with zero attached hydrogens (tertiary/aromatic N) is 8. The van der Waals surface area contributed by atoms with Crippen molar-refractivity contribution in [1.82, 2.24) is 34.8 Å². The van der Waals surface area contributed by atoms with Gasteiger partial charge < -0.3 is 15.1 Å². The van der Waals surface area contributed by atoms with Gasteiger partial charge >= 0.3 is 0 Å². The number of piperazine rings is 1. The Kier molecular flexibility index (Phi) is 6.69. The lowest BCUT2D eigenvalue weighted by molar-refractivity contribution is 0.102. The van der Waals surface area contributed by atoms with Crippen LogP contribution in [0.3, 0.4) is 0 Å². The van der Waals surface area contributed by atoms with Crippen LogP contribution in [0.15, 0.2) is 48.8 Å². The van der Waals surface area contributed by atoms with Gasteiger partial charge in [-0.3, -0.25) is 14.4 Å². The van der Waals surface area contributed by atoms with Crippen molar-refractivity contribution < 1.29 is 9.18 Å². The number of amides is 1. The van der Waals surface area contributed by atoms with Gasteiger partial charge in [0.1, 0.15) is 12.5 Å². The topological polar surface area (TPSA) is 95.3 Å². The monoisotopic (exact) mass is 515 g/mol. The number of carbonyl (C=O) groups excluding carboxylic acids is 1. The standard InChI is InChI=1S/C27H30FN9O/c1-34-8-11-36(12-9-34)26-5-3-20(16-29-26)27(38)31-25-15-21-14-19(2-4-23(21)32-33-25)22-17-30-37-13-10-35(7-6-28)18-24(22)37/h2-5,14-17H,6-13,18H2,1H3,(H,31,33,38). The molecule has 38 heavy (non-hydrogen) atoms. The van der Waals surface area contributed by atoms with Gasteiger partial charge in [-0.1, -0.05) is 6.07 Å². The first-order valence-electron chi connectivity index (χ1n) is 12.9. The van der Waals surface area contributed by atoms with Gasteiger partial charge in [-0.2, -0.15) is 5.10 Å². The zero-order valence-corrected chi connectivity index (χ0v) is 21.3. The summed E-state index contributed by atoms with van der Waals surface area (Å²) >= 11 is 0. The fourth-order valence-corrected chi connectivity index (χ4v) is 5.05. The molecule has 0 aliphatic carbocycles. The fourth-order valence-electron chi connectivity index (χ4n) is 5.05. The van der Waals surface area contributed by atoms with Crippen LogP contribution in [0.5, 0.6) is 0 Å². The molecule has 1 N–H and O–H groups in total. The predicted molar refractivity (Wildman–Crippen MR) is 144 cm³/mol. The predicted octanol–water partition coefficient (Wildman–Crippen LogP) is 2.68. The van der Waals surface area contributed by atoms with Crippen molar-refractivity contribution in [3.63, 3.8) is 0 Å². The van der Waals surface area contributed by atoms with E-state index in [-0.39, 0.29) is 12.6 Å². The van der Waals surface area contributed by atoms with E-state index in [1.165, 1.54) is 0 Å². The number of likely N-dealkylation sites (N-methyl/N-ethyl adjacent to an activating group) is 1. The number of fused-ring (bicyclic) bond motifs is 2. The summed E-state index contributed by atoms with van der Waals surface area (Å²) in [4.78, 5) is 24.0. The van der Waals surface area contributed by atoms with Gasteiger partial charge in [-0.05, 0) is 42.9 Å². The van der Waals surface area contributed by atoms with Crippen molar-refractivity contribution in [2.24, 2.45) is 0 Å². The number of carbonyl (C=O) groups is 1. The normalized spacial score (nSPS) is 16.5. The molecule has 0 spiro atoms. The first-order valence-corrected chi connectivity index (χ1v) is 12.9. The zero-order valence-electron chi connectivity index (χ0n) is 21.3. The molecule has 1 saturated heterocycles. The van der Waals surface area contributed by atoms with Gasteiger partial charge in [0, 0.05) is 63.0 Å². The molecule has 196 valence electrons. The quantitative estimate of drug-likeness (QED) is 0.419. The Bertz CT molecular complexity index is 1450. The van der Waals surface area contributed by atoms with Gasteiger partial charge in [-0.15, -0.1) is 10.2 Å². The van der Waals surface area contributed by atoms with E-state index >= 15 is 0 Å². The largest absolute Gasteiger partial charge is 0.354 e. The van der Waals surface area contributed by atoms with Crippen molar-refractivity contribution in [1.29, 1.82) is 0 Å². The number of alkyl halides is 1. The molecular formula is C27H30FN9O. The molecule has 0 atom stereocenters. The van der Waals surface area contributed by atoms with E-state index in [2.05, 4.69) is 47.3 Å².